The molecule has 88 valence electrons. The molecule has 17 heavy (non-hydrogen) atoms. The molecule has 0 unspecified atom stereocenters. The van der Waals surface area contributed by atoms with Crippen molar-refractivity contribution in [3.63, 3.8) is 0 Å². The molecule has 0 spiro atoms. The van der Waals surface area contributed by atoms with Gasteiger partial charge in [-0.3, -0.25) is 4.79 Å². The minimum Gasteiger partial charge on any atom is -0.475 e. The average molecular weight is 253 g/mol. The fourth-order valence-corrected chi connectivity index (χ4v) is 1.83. The van der Waals surface area contributed by atoms with E-state index in [1.165, 1.54) is 18.5 Å². The zero-order valence-corrected chi connectivity index (χ0v) is 9.15. The van der Waals surface area contributed by atoms with Crippen molar-refractivity contribution in [3.8, 4) is 0 Å². The van der Waals surface area contributed by atoms with Gasteiger partial charge in [0, 0.05) is 0 Å². The third kappa shape index (κ3) is 2.31. The summed E-state index contributed by atoms with van der Waals surface area (Å²) in [6, 6.07) is 2.78. The van der Waals surface area contributed by atoms with Crippen LogP contribution in [0.2, 0.25) is 0 Å². The molecule has 2 aromatic rings. The Morgan fingerprint density at radius 3 is 2.94 bits per heavy atom. The van der Waals surface area contributed by atoms with E-state index in [4.69, 9.17) is 15.3 Å². The van der Waals surface area contributed by atoms with Crippen LogP contribution in [0.5, 0.6) is 0 Å². The first-order valence-corrected chi connectivity index (χ1v) is 5.23. The van der Waals surface area contributed by atoms with Crippen molar-refractivity contribution in [3.05, 3.63) is 34.6 Å². The Labute approximate surface area is 98.7 Å². The van der Waals surface area contributed by atoms with E-state index in [0.717, 1.165) is 11.8 Å². The molecular formula is C9H7N3O4S. The van der Waals surface area contributed by atoms with E-state index < -0.39 is 11.5 Å². The number of aromatic carboxylic acids is 1. The number of hydrogen-bond acceptors (Lipinski definition) is 6. The number of nitrogens with two attached hydrogens (primary N) is 1. The minimum absolute atomic E-state index is 0.0363. The molecule has 0 amide bonds. The number of aromatic nitrogens is 2. The second-order valence-corrected chi connectivity index (χ2v) is 3.97. The highest BCUT2D eigenvalue weighted by molar-refractivity contribution is 7.99. The van der Waals surface area contributed by atoms with Crippen LogP contribution in [-0.2, 0) is 0 Å². The Kier molecular flexibility index (Phi) is 2.88. The first-order chi connectivity index (χ1) is 8.08. The fourth-order valence-electron chi connectivity index (χ4n) is 1.06. The predicted octanol–water partition coefficient (Wildman–Crippen LogP) is 0.794. The molecular weight excluding hydrogens is 246 g/mol. The molecule has 0 bridgehead atoms. The normalized spacial score (nSPS) is 10.4. The van der Waals surface area contributed by atoms with Crippen LogP contribution < -0.4 is 11.3 Å². The zero-order chi connectivity index (χ0) is 12.4. The number of rotatable bonds is 3. The van der Waals surface area contributed by atoms with Gasteiger partial charge in [-0.15, -0.1) is 0 Å². The van der Waals surface area contributed by atoms with Gasteiger partial charge in [-0.25, -0.2) is 9.78 Å². The van der Waals surface area contributed by atoms with Crippen molar-refractivity contribution in [2.45, 2.75) is 10.1 Å². The minimum atomic E-state index is -1.16. The van der Waals surface area contributed by atoms with Crippen LogP contribution in [0.3, 0.4) is 0 Å². The van der Waals surface area contributed by atoms with Gasteiger partial charge in [-0.2, -0.15) is 0 Å². The van der Waals surface area contributed by atoms with Crippen LogP contribution in [0.4, 0.5) is 5.69 Å². The lowest BCUT2D eigenvalue weighted by atomic mass is 10.5. The smallest absolute Gasteiger partial charge is 0.371 e. The van der Waals surface area contributed by atoms with E-state index in [1.54, 1.807) is 0 Å². The Hall–Kier alpha value is -2.22. The van der Waals surface area contributed by atoms with E-state index in [2.05, 4.69) is 9.97 Å². The summed E-state index contributed by atoms with van der Waals surface area (Å²) in [5.74, 6) is -1.35. The monoisotopic (exact) mass is 253 g/mol. The molecule has 0 saturated heterocycles. The van der Waals surface area contributed by atoms with Crippen LogP contribution in [-0.4, -0.2) is 21.0 Å². The van der Waals surface area contributed by atoms with E-state index in [0.29, 0.717) is 5.09 Å². The molecule has 0 aliphatic rings. The first kappa shape index (κ1) is 11.3. The lowest BCUT2D eigenvalue weighted by molar-refractivity contribution is 0.0656. The van der Waals surface area contributed by atoms with Gasteiger partial charge in [0.1, 0.15) is 10.7 Å². The van der Waals surface area contributed by atoms with Crippen LogP contribution in [0.15, 0.2) is 37.8 Å². The average Bonchev–Trinajstić information content (AvgIpc) is 2.73. The maximum Gasteiger partial charge on any atom is 0.371 e. The molecule has 2 aromatic heterocycles. The molecule has 7 nitrogen and oxygen atoms in total. The number of nitrogen functional groups attached to an aromatic ring is 1. The lowest BCUT2D eigenvalue weighted by Gasteiger charge is -1.99. The summed E-state index contributed by atoms with van der Waals surface area (Å²) in [4.78, 5) is 28.0. The Bertz CT molecular complexity index is 619. The molecule has 4 N–H and O–H groups in total. The number of nitrogens with zero attached hydrogens (tertiary/aromatic N) is 1. The lowest BCUT2D eigenvalue weighted by Crippen LogP contribution is -2.13. The largest absolute Gasteiger partial charge is 0.475 e. The van der Waals surface area contributed by atoms with Gasteiger partial charge in [0.15, 0.2) is 5.09 Å². The van der Waals surface area contributed by atoms with Crippen molar-refractivity contribution < 1.29 is 14.3 Å². The number of hydrogen-bond donors (Lipinski definition) is 3. The number of carbonyl (C=O) groups is 1. The van der Waals surface area contributed by atoms with E-state index >= 15 is 0 Å². The third-order valence-corrected chi connectivity index (χ3v) is 2.78. The van der Waals surface area contributed by atoms with Gasteiger partial charge in [-0.05, 0) is 23.9 Å². The van der Waals surface area contributed by atoms with E-state index in [1.807, 2.05) is 0 Å². The summed E-state index contributed by atoms with van der Waals surface area (Å²) in [6.07, 6.45) is 1.21. The van der Waals surface area contributed by atoms with Gasteiger partial charge in [0.2, 0.25) is 5.76 Å². The number of carboxylic acids is 1. The maximum absolute atomic E-state index is 11.2. The summed E-state index contributed by atoms with van der Waals surface area (Å²) >= 11 is 0.981. The molecule has 0 atom stereocenters. The second kappa shape index (κ2) is 4.34. The molecule has 8 heteroatoms. The molecule has 0 radical (unpaired) electrons. The molecule has 0 aliphatic heterocycles. The quantitative estimate of drug-likeness (QED) is 0.691. The number of nitrogens with one attached hydrogen (secondary N) is 1. The summed E-state index contributed by atoms with van der Waals surface area (Å²) < 4.78 is 5.00. The van der Waals surface area contributed by atoms with Crippen molar-refractivity contribution >= 4 is 23.4 Å². The van der Waals surface area contributed by atoms with Gasteiger partial charge in [0.25, 0.3) is 5.56 Å². The summed E-state index contributed by atoms with van der Waals surface area (Å²) in [7, 11) is 0. The highest BCUT2D eigenvalue weighted by Gasteiger charge is 2.12. The standard InChI is InChI=1S/C9H7N3O4S/c10-6-7(13)11-3-12-8(6)17-5-2-1-4(16-5)9(14)15/h1-3H,10H2,(H,14,15)(H,11,12,13). The maximum atomic E-state index is 11.2. The van der Waals surface area contributed by atoms with Crippen LogP contribution >= 0.6 is 11.8 Å². The SMILES string of the molecule is Nc1c(Sc2ccc(C(=O)O)o2)nc[nH]c1=O. The van der Waals surface area contributed by atoms with E-state index in [-0.39, 0.29) is 16.5 Å². The summed E-state index contributed by atoms with van der Waals surface area (Å²) in [6.45, 7) is 0. The molecule has 0 aliphatic carbocycles. The highest BCUT2D eigenvalue weighted by Crippen LogP contribution is 2.29. The number of H-pyrrole nitrogens is 1. The molecule has 2 heterocycles. The van der Waals surface area contributed by atoms with Gasteiger partial charge >= 0.3 is 5.97 Å². The Balaban J connectivity index is 2.28. The topological polar surface area (TPSA) is 122 Å². The number of carboxylic acid groups (broad SMARTS) is 1. The van der Waals surface area contributed by atoms with Crippen molar-refractivity contribution in [2.75, 3.05) is 5.73 Å². The summed E-state index contributed by atoms with van der Waals surface area (Å²) in [5, 5.41) is 9.23. The van der Waals surface area contributed by atoms with E-state index in [9.17, 15) is 9.59 Å². The molecule has 2 rings (SSSR count). The van der Waals surface area contributed by atoms with Crippen LogP contribution in [0, 0.1) is 0 Å². The number of furan rings is 1. The molecule has 0 saturated carbocycles. The number of aromatic amines is 1. The Morgan fingerprint density at radius 2 is 2.29 bits per heavy atom. The third-order valence-electron chi connectivity index (χ3n) is 1.84. The first-order valence-electron chi connectivity index (χ1n) is 4.42. The Morgan fingerprint density at radius 1 is 1.53 bits per heavy atom. The predicted molar refractivity (Wildman–Crippen MR) is 59.1 cm³/mol. The second-order valence-electron chi connectivity index (χ2n) is 2.98. The van der Waals surface area contributed by atoms with Crippen LogP contribution in [0.1, 0.15) is 10.6 Å². The molecule has 0 aromatic carbocycles. The fraction of sp³-hybridized carbons (Fsp3) is 0. The van der Waals surface area contributed by atoms with Crippen LogP contribution in [0.25, 0.3) is 0 Å². The van der Waals surface area contributed by atoms with Crippen molar-refractivity contribution in [2.24, 2.45) is 0 Å². The van der Waals surface area contributed by atoms with Crippen molar-refractivity contribution in [1.82, 2.24) is 9.97 Å². The van der Waals surface area contributed by atoms with Gasteiger partial charge < -0.3 is 20.2 Å². The van der Waals surface area contributed by atoms with Crippen molar-refractivity contribution in [1.29, 1.82) is 0 Å². The number of anilines is 1. The molecule has 0 fully saturated rings. The summed E-state index contributed by atoms with van der Waals surface area (Å²) in [5.41, 5.74) is 5.02. The highest BCUT2D eigenvalue weighted by atomic mass is 32.2. The van der Waals surface area contributed by atoms with Gasteiger partial charge in [-0.1, -0.05) is 0 Å². The van der Waals surface area contributed by atoms with Gasteiger partial charge in [0.05, 0.1) is 6.33 Å². The zero-order valence-electron chi connectivity index (χ0n) is 8.34.